The lowest BCUT2D eigenvalue weighted by Gasteiger charge is -2.11. The third-order valence-electron chi connectivity index (χ3n) is 5.20. The summed E-state index contributed by atoms with van der Waals surface area (Å²) in [5.74, 6) is -1.50. The second-order valence-corrected chi connectivity index (χ2v) is 8.62. The Morgan fingerprint density at radius 2 is 1.62 bits per heavy atom. The molecule has 0 fully saturated rings. The number of hydrogen-bond acceptors (Lipinski definition) is 6. The molecule has 0 aromatic heterocycles. The van der Waals surface area contributed by atoms with Crippen LogP contribution in [0.3, 0.4) is 0 Å². The molecule has 2 N–H and O–H groups in total. The predicted octanol–water partition coefficient (Wildman–Crippen LogP) is 5.31. The molecule has 0 unspecified atom stereocenters. The normalized spacial score (nSPS) is 10.8. The first-order valence-corrected chi connectivity index (χ1v) is 12.1. The molecule has 2 amide bonds. The number of nitrogens with one attached hydrogen (secondary N) is 2. The molecule has 0 bridgehead atoms. The molecule has 8 nitrogen and oxygen atoms in total. The number of hydrogen-bond donors (Lipinski definition) is 2. The first-order valence-electron chi connectivity index (χ1n) is 11.3. The standard InChI is InChI=1S/C28H22BrN3O5/c1-2-36-22-14-7-19(8-15-22)28(35)37-25-16-9-18-5-3-4-6-23(18)24(25)17-30-32-27(34)26(33)31-21-12-10-20(29)11-13-21/h3-17H,2H2,1H3,(H,31,33)(H,32,34)/b30-17+. The number of fused-ring (bicyclic) bond motifs is 1. The zero-order valence-corrected chi connectivity index (χ0v) is 21.3. The number of amides is 2. The maximum atomic E-state index is 12.8. The van der Waals surface area contributed by atoms with Crippen molar-refractivity contribution in [3.8, 4) is 11.5 Å². The van der Waals surface area contributed by atoms with Crippen LogP contribution in [0.25, 0.3) is 10.8 Å². The van der Waals surface area contributed by atoms with E-state index in [2.05, 4.69) is 31.8 Å². The molecular weight excluding hydrogens is 538 g/mol. The Hall–Kier alpha value is -4.50. The minimum atomic E-state index is -0.952. The van der Waals surface area contributed by atoms with Gasteiger partial charge in [0.15, 0.2) is 0 Å². The van der Waals surface area contributed by atoms with Crippen molar-refractivity contribution in [1.82, 2.24) is 5.43 Å². The number of carbonyl (C=O) groups is 3. The highest BCUT2D eigenvalue weighted by atomic mass is 79.9. The monoisotopic (exact) mass is 559 g/mol. The summed E-state index contributed by atoms with van der Waals surface area (Å²) in [6.07, 6.45) is 1.34. The summed E-state index contributed by atoms with van der Waals surface area (Å²) in [4.78, 5) is 37.3. The zero-order valence-electron chi connectivity index (χ0n) is 19.7. The Labute approximate surface area is 221 Å². The lowest BCUT2D eigenvalue weighted by molar-refractivity contribution is -0.136. The minimum Gasteiger partial charge on any atom is -0.494 e. The summed E-state index contributed by atoms with van der Waals surface area (Å²) in [6, 6.07) is 24.3. The largest absolute Gasteiger partial charge is 0.494 e. The first-order chi connectivity index (χ1) is 17.9. The Morgan fingerprint density at radius 3 is 2.35 bits per heavy atom. The molecule has 4 aromatic carbocycles. The van der Waals surface area contributed by atoms with E-state index in [-0.39, 0.29) is 5.75 Å². The van der Waals surface area contributed by atoms with E-state index in [9.17, 15) is 14.4 Å². The van der Waals surface area contributed by atoms with Crippen LogP contribution in [0, 0.1) is 0 Å². The molecule has 4 rings (SSSR count). The number of rotatable bonds is 7. The third-order valence-corrected chi connectivity index (χ3v) is 5.73. The van der Waals surface area contributed by atoms with Crippen LogP contribution in [0.15, 0.2) is 94.5 Å². The maximum Gasteiger partial charge on any atom is 0.343 e. The van der Waals surface area contributed by atoms with Crippen LogP contribution in [-0.2, 0) is 9.59 Å². The molecule has 0 saturated heterocycles. The van der Waals surface area contributed by atoms with E-state index >= 15 is 0 Å². The van der Waals surface area contributed by atoms with Gasteiger partial charge >= 0.3 is 17.8 Å². The van der Waals surface area contributed by atoms with Gasteiger partial charge in [0.1, 0.15) is 11.5 Å². The summed E-state index contributed by atoms with van der Waals surface area (Å²) < 4.78 is 11.9. The number of anilines is 1. The van der Waals surface area contributed by atoms with Gasteiger partial charge in [0.05, 0.1) is 18.4 Å². The van der Waals surface area contributed by atoms with Gasteiger partial charge in [-0.2, -0.15) is 5.10 Å². The molecule has 186 valence electrons. The van der Waals surface area contributed by atoms with Crippen LogP contribution in [0.5, 0.6) is 11.5 Å². The van der Waals surface area contributed by atoms with Crippen molar-refractivity contribution in [2.45, 2.75) is 6.92 Å². The van der Waals surface area contributed by atoms with Gasteiger partial charge in [-0.3, -0.25) is 9.59 Å². The van der Waals surface area contributed by atoms with Gasteiger partial charge in [0.2, 0.25) is 0 Å². The van der Waals surface area contributed by atoms with E-state index in [1.165, 1.54) is 6.21 Å². The highest BCUT2D eigenvalue weighted by Crippen LogP contribution is 2.27. The van der Waals surface area contributed by atoms with Gasteiger partial charge in [0.25, 0.3) is 0 Å². The van der Waals surface area contributed by atoms with Gasteiger partial charge in [-0.1, -0.05) is 46.3 Å². The predicted molar refractivity (Wildman–Crippen MR) is 145 cm³/mol. The third kappa shape index (κ3) is 6.59. The average molecular weight is 560 g/mol. The van der Waals surface area contributed by atoms with E-state index in [0.717, 1.165) is 15.2 Å². The molecule has 37 heavy (non-hydrogen) atoms. The lowest BCUT2D eigenvalue weighted by Crippen LogP contribution is -2.32. The van der Waals surface area contributed by atoms with Crippen molar-refractivity contribution in [1.29, 1.82) is 0 Å². The first kappa shape index (κ1) is 25.6. The molecule has 0 aliphatic carbocycles. The second-order valence-electron chi connectivity index (χ2n) is 7.71. The minimum absolute atomic E-state index is 0.245. The highest BCUT2D eigenvalue weighted by molar-refractivity contribution is 9.10. The van der Waals surface area contributed by atoms with Crippen LogP contribution < -0.4 is 20.2 Å². The summed E-state index contributed by atoms with van der Waals surface area (Å²) >= 11 is 3.31. The van der Waals surface area contributed by atoms with Crippen LogP contribution in [-0.4, -0.2) is 30.6 Å². The molecule has 0 aliphatic heterocycles. The summed E-state index contributed by atoms with van der Waals surface area (Å²) in [5.41, 5.74) is 3.48. The van der Waals surface area contributed by atoms with Crippen molar-refractivity contribution >= 4 is 56.4 Å². The number of benzene rings is 4. The molecule has 4 aromatic rings. The molecule has 0 radical (unpaired) electrons. The zero-order chi connectivity index (χ0) is 26.2. The van der Waals surface area contributed by atoms with Gasteiger partial charge < -0.3 is 14.8 Å². The van der Waals surface area contributed by atoms with Crippen LogP contribution in [0.2, 0.25) is 0 Å². The van der Waals surface area contributed by atoms with Gasteiger partial charge in [-0.25, -0.2) is 10.2 Å². The van der Waals surface area contributed by atoms with Gasteiger partial charge in [-0.05, 0) is 72.3 Å². The van der Waals surface area contributed by atoms with Crippen LogP contribution >= 0.6 is 15.9 Å². The summed E-state index contributed by atoms with van der Waals surface area (Å²) in [6.45, 7) is 2.40. The molecular formula is C28H22BrN3O5. The van der Waals surface area contributed by atoms with Crippen molar-refractivity contribution < 1.29 is 23.9 Å². The fraction of sp³-hybridized carbons (Fsp3) is 0.0714. The number of halogens is 1. The van der Waals surface area contributed by atoms with E-state index in [1.54, 1.807) is 54.6 Å². The molecule has 0 saturated carbocycles. The van der Waals surface area contributed by atoms with Crippen LogP contribution in [0.4, 0.5) is 5.69 Å². The van der Waals surface area contributed by atoms with E-state index in [0.29, 0.717) is 29.2 Å². The topological polar surface area (TPSA) is 106 Å². The molecule has 0 aliphatic rings. The van der Waals surface area contributed by atoms with Crippen molar-refractivity contribution in [3.63, 3.8) is 0 Å². The Kier molecular flexibility index (Phi) is 8.27. The lowest BCUT2D eigenvalue weighted by atomic mass is 10.0. The number of carbonyl (C=O) groups excluding carboxylic acids is 3. The molecule has 0 atom stereocenters. The van der Waals surface area contributed by atoms with E-state index in [1.807, 2.05) is 37.3 Å². The van der Waals surface area contributed by atoms with Gasteiger partial charge in [-0.15, -0.1) is 0 Å². The van der Waals surface area contributed by atoms with Crippen molar-refractivity contribution in [2.75, 3.05) is 11.9 Å². The maximum absolute atomic E-state index is 12.8. The number of esters is 1. The van der Waals surface area contributed by atoms with E-state index in [4.69, 9.17) is 9.47 Å². The number of hydrazone groups is 1. The van der Waals surface area contributed by atoms with Crippen LogP contribution in [0.1, 0.15) is 22.8 Å². The fourth-order valence-electron chi connectivity index (χ4n) is 3.44. The Morgan fingerprint density at radius 1 is 0.892 bits per heavy atom. The summed E-state index contributed by atoms with van der Waals surface area (Å²) in [7, 11) is 0. The Balaban J connectivity index is 1.51. The Bertz CT molecular complexity index is 1470. The molecule has 9 heteroatoms. The van der Waals surface area contributed by atoms with Gasteiger partial charge in [0, 0.05) is 15.7 Å². The average Bonchev–Trinajstić information content (AvgIpc) is 2.91. The number of nitrogens with zero attached hydrogens (tertiary/aromatic N) is 1. The fourth-order valence-corrected chi connectivity index (χ4v) is 3.70. The smallest absolute Gasteiger partial charge is 0.343 e. The highest BCUT2D eigenvalue weighted by Gasteiger charge is 2.15. The SMILES string of the molecule is CCOc1ccc(C(=O)Oc2ccc3ccccc3c2/C=N/NC(=O)C(=O)Nc2ccc(Br)cc2)cc1. The second kappa shape index (κ2) is 12.0. The number of ether oxygens (including phenoxy) is 2. The molecule has 0 spiro atoms. The van der Waals surface area contributed by atoms with E-state index < -0.39 is 17.8 Å². The van der Waals surface area contributed by atoms with Crippen molar-refractivity contribution in [3.05, 3.63) is 101 Å². The summed E-state index contributed by atoms with van der Waals surface area (Å²) in [5, 5.41) is 8.06. The molecule has 0 heterocycles. The quantitative estimate of drug-likeness (QED) is 0.105. The van der Waals surface area contributed by atoms with Crippen molar-refractivity contribution in [2.24, 2.45) is 5.10 Å².